The molecule has 0 amide bonds. The number of hydrogen-bond acceptors (Lipinski definition) is 5. The molecule has 0 saturated heterocycles. The maximum absolute atomic E-state index is 11.1. The molecule has 7 heteroatoms. The molecule has 0 aliphatic carbocycles. The molecule has 0 N–H and O–H groups in total. The summed E-state index contributed by atoms with van der Waals surface area (Å²) in [6, 6.07) is 0. The highest BCUT2D eigenvalue weighted by molar-refractivity contribution is 5.48. The lowest BCUT2D eigenvalue weighted by Crippen LogP contribution is -2.02. The number of carbonyl (C=O) groups is 1. The van der Waals surface area contributed by atoms with E-state index >= 15 is 0 Å². The summed E-state index contributed by atoms with van der Waals surface area (Å²) in [5.74, 6) is 0. The first-order chi connectivity index (χ1) is 12.0. The van der Waals surface area contributed by atoms with Crippen LogP contribution in [0.3, 0.4) is 0 Å². The Hall–Kier alpha value is -2.31. The Morgan fingerprint density at radius 3 is 2.16 bits per heavy atom. The van der Waals surface area contributed by atoms with Crippen LogP contribution >= 0.6 is 0 Å². The Morgan fingerprint density at radius 1 is 0.880 bits per heavy atom. The molecule has 0 atom stereocenters. The van der Waals surface area contributed by atoms with E-state index in [1.165, 1.54) is 18.6 Å². The molecule has 0 fully saturated rings. The molecule has 0 saturated carbocycles. The van der Waals surface area contributed by atoms with Crippen molar-refractivity contribution in [2.45, 2.75) is 71.1 Å². The first kappa shape index (κ1) is 22.7. The molecule has 0 spiro atoms. The summed E-state index contributed by atoms with van der Waals surface area (Å²) in [6.07, 6.45) is 13.9. The summed E-state index contributed by atoms with van der Waals surface area (Å²) in [4.78, 5) is 31.3. The molecule has 0 heterocycles. The van der Waals surface area contributed by atoms with E-state index in [-0.39, 0.29) is 24.2 Å². The van der Waals surface area contributed by atoms with Crippen molar-refractivity contribution in [1.29, 1.82) is 0 Å². The molecule has 0 radical (unpaired) electrons. The second-order valence-electron chi connectivity index (χ2n) is 5.72. The largest absolute Gasteiger partial charge is 0.303 e. The zero-order chi connectivity index (χ0) is 18.9. The summed E-state index contributed by atoms with van der Waals surface area (Å²) < 4.78 is 0. The van der Waals surface area contributed by atoms with Gasteiger partial charge in [-0.15, -0.1) is 0 Å². The minimum absolute atomic E-state index is 0.0336. The summed E-state index contributed by atoms with van der Waals surface area (Å²) in [5, 5.41) is 22.1. The minimum atomic E-state index is -0.508. The lowest BCUT2D eigenvalue weighted by Gasteiger charge is -1.98. The molecule has 0 aromatic heterocycles. The van der Waals surface area contributed by atoms with Crippen molar-refractivity contribution >= 4 is 6.29 Å². The molecule has 0 unspecified atom stereocenters. The van der Waals surface area contributed by atoms with Gasteiger partial charge in [-0.25, -0.2) is 0 Å². The van der Waals surface area contributed by atoms with Gasteiger partial charge in [0, 0.05) is 12.8 Å². The van der Waals surface area contributed by atoms with Crippen molar-refractivity contribution in [3.8, 4) is 0 Å². The minimum Gasteiger partial charge on any atom is -0.303 e. The summed E-state index contributed by atoms with van der Waals surface area (Å²) in [7, 11) is 0. The van der Waals surface area contributed by atoms with Crippen molar-refractivity contribution in [3.05, 3.63) is 55.9 Å². The van der Waals surface area contributed by atoms with E-state index in [0.29, 0.717) is 25.7 Å². The molecule has 0 aliphatic heterocycles. The fraction of sp³-hybridized carbons (Fsp3) is 0.611. The number of allylic oxidation sites excluding steroid dienone is 5. The summed E-state index contributed by atoms with van der Waals surface area (Å²) >= 11 is 0. The molecular weight excluding hydrogens is 324 g/mol. The van der Waals surface area contributed by atoms with E-state index in [1.807, 2.05) is 12.2 Å². The van der Waals surface area contributed by atoms with Crippen molar-refractivity contribution in [2.24, 2.45) is 0 Å². The van der Waals surface area contributed by atoms with Gasteiger partial charge in [-0.1, -0.05) is 31.9 Å². The van der Waals surface area contributed by atoms with Crippen LogP contribution in [0.2, 0.25) is 0 Å². The highest BCUT2D eigenvalue weighted by Crippen LogP contribution is 2.14. The van der Waals surface area contributed by atoms with Gasteiger partial charge in [0.2, 0.25) is 11.4 Å². The van der Waals surface area contributed by atoms with Crippen LogP contribution in [0.4, 0.5) is 0 Å². The SMILES string of the molecule is CCCCC/C=C/C/C=C(/C/C=C(/CCCCC=O)[N+](=O)[O-])[N+](=O)[O-]. The van der Waals surface area contributed by atoms with Crippen LogP contribution in [0, 0.1) is 20.2 Å². The topological polar surface area (TPSA) is 103 Å². The molecule has 7 nitrogen and oxygen atoms in total. The molecular formula is C18H28N2O5. The number of unbranched alkanes of at least 4 members (excludes halogenated alkanes) is 5. The van der Waals surface area contributed by atoms with Gasteiger partial charge in [-0.05, 0) is 44.3 Å². The van der Waals surface area contributed by atoms with Crippen LogP contribution in [-0.4, -0.2) is 16.1 Å². The van der Waals surface area contributed by atoms with E-state index < -0.39 is 9.85 Å². The van der Waals surface area contributed by atoms with E-state index in [1.54, 1.807) is 0 Å². The second-order valence-corrected chi connectivity index (χ2v) is 5.72. The molecule has 0 aliphatic rings. The Balaban J connectivity index is 4.58. The monoisotopic (exact) mass is 352 g/mol. The molecule has 25 heavy (non-hydrogen) atoms. The van der Waals surface area contributed by atoms with Crippen molar-refractivity contribution in [3.63, 3.8) is 0 Å². The van der Waals surface area contributed by atoms with Crippen molar-refractivity contribution in [2.75, 3.05) is 0 Å². The number of carbonyl (C=O) groups excluding carboxylic acids is 1. The normalized spacial score (nSPS) is 12.5. The van der Waals surface area contributed by atoms with Crippen molar-refractivity contribution in [1.82, 2.24) is 0 Å². The van der Waals surface area contributed by atoms with Gasteiger partial charge < -0.3 is 4.79 Å². The number of hydrogen-bond donors (Lipinski definition) is 0. The molecule has 0 aromatic carbocycles. The Bertz CT molecular complexity index is 510. The maximum atomic E-state index is 11.1. The number of aldehydes is 1. The summed E-state index contributed by atoms with van der Waals surface area (Å²) in [5.41, 5.74) is -0.0702. The van der Waals surface area contributed by atoms with E-state index in [0.717, 1.165) is 25.5 Å². The Kier molecular flexibility index (Phi) is 13.8. The van der Waals surface area contributed by atoms with Crippen molar-refractivity contribution < 1.29 is 14.6 Å². The lowest BCUT2D eigenvalue weighted by molar-refractivity contribution is -0.432. The van der Waals surface area contributed by atoms with Gasteiger partial charge in [0.25, 0.3) is 0 Å². The van der Waals surface area contributed by atoms with E-state index in [4.69, 9.17) is 0 Å². The highest BCUT2D eigenvalue weighted by atomic mass is 16.6. The average Bonchev–Trinajstić information content (AvgIpc) is 2.57. The highest BCUT2D eigenvalue weighted by Gasteiger charge is 2.14. The second kappa shape index (κ2) is 15.2. The maximum Gasteiger partial charge on any atom is 0.246 e. The van der Waals surface area contributed by atoms with Gasteiger partial charge in [0.1, 0.15) is 6.29 Å². The van der Waals surface area contributed by atoms with Crippen LogP contribution in [0.1, 0.15) is 71.1 Å². The molecule has 0 aromatic rings. The average molecular weight is 352 g/mol. The number of rotatable bonds is 15. The van der Waals surface area contributed by atoms with Gasteiger partial charge >= 0.3 is 0 Å². The Labute approximate surface area is 148 Å². The smallest absolute Gasteiger partial charge is 0.246 e. The van der Waals surface area contributed by atoms with Crippen LogP contribution in [0.25, 0.3) is 0 Å². The first-order valence-electron chi connectivity index (χ1n) is 8.78. The molecule has 0 bridgehead atoms. The van der Waals surface area contributed by atoms with E-state index in [2.05, 4.69) is 6.92 Å². The molecule has 0 rings (SSSR count). The fourth-order valence-corrected chi connectivity index (χ4v) is 2.19. The predicted octanol–water partition coefficient (Wildman–Crippen LogP) is 4.98. The van der Waals surface area contributed by atoms with Crippen LogP contribution in [0.15, 0.2) is 35.7 Å². The third kappa shape index (κ3) is 12.7. The number of nitro groups is 2. The zero-order valence-electron chi connectivity index (χ0n) is 14.9. The van der Waals surface area contributed by atoms with Gasteiger partial charge in [-0.2, -0.15) is 0 Å². The van der Waals surface area contributed by atoms with Gasteiger partial charge in [-0.3, -0.25) is 20.2 Å². The Morgan fingerprint density at radius 2 is 1.56 bits per heavy atom. The standard InChI is InChI=1S/C18H28N2O5/c1-2-3-4-5-6-7-9-12-17(19(22)23)14-15-18(20(24)25)13-10-8-11-16-21/h6-7,12,15-16H,2-5,8-11,13-14H2,1H3/b7-6+,17-12-,18-15-. The number of nitrogens with zero attached hydrogens (tertiary/aromatic N) is 2. The lowest BCUT2D eigenvalue weighted by atomic mass is 10.1. The summed E-state index contributed by atoms with van der Waals surface area (Å²) in [6.45, 7) is 2.13. The fourth-order valence-electron chi connectivity index (χ4n) is 2.19. The third-order valence-electron chi connectivity index (χ3n) is 3.65. The van der Waals surface area contributed by atoms with Gasteiger partial charge in [0.15, 0.2) is 0 Å². The molecule has 140 valence electrons. The van der Waals surface area contributed by atoms with Crippen LogP contribution < -0.4 is 0 Å². The predicted molar refractivity (Wildman–Crippen MR) is 97.2 cm³/mol. The van der Waals surface area contributed by atoms with Crippen LogP contribution in [0.5, 0.6) is 0 Å². The zero-order valence-corrected chi connectivity index (χ0v) is 14.9. The van der Waals surface area contributed by atoms with Gasteiger partial charge in [0.05, 0.1) is 16.3 Å². The quantitative estimate of drug-likeness (QED) is 0.136. The van der Waals surface area contributed by atoms with Crippen LogP contribution in [-0.2, 0) is 4.79 Å². The first-order valence-corrected chi connectivity index (χ1v) is 8.78. The third-order valence-corrected chi connectivity index (χ3v) is 3.65. The van der Waals surface area contributed by atoms with E-state index in [9.17, 15) is 25.0 Å².